The van der Waals surface area contributed by atoms with Gasteiger partial charge in [-0.15, -0.1) is 0 Å². The fourth-order valence-electron chi connectivity index (χ4n) is 3.32. The molecule has 1 saturated heterocycles. The third-order valence-electron chi connectivity index (χ3n) is 4.83. The van der Waals surface area contributed by atoms with E-state index in [0.717, 1.165) is 9.87 Å². The van der Waals surface area contributed by atoms with E-state index in [4.69, 9.17) is 0 Å². The molecule has 0 spiro atoms. The molecule has 7 nitrogen and oxygen atoms in total. The summed E-state index contributed by atoms with van der Waals surface area (Å²) in [4.78, 5) is 23.6. The number of ketones is 1. The maximum atomic E-state index is 12.7. The molecular formula is C20H22N2O5S. The van der Waals surface area contributed by atoms with Crippen LogP contribution >= 0.6 is 0 Å². The summed E-state index contributed by atoms with van der Waals surface area (Å²) in [7, 11) is -3.88. The Morgan fingerprint density at radius 1 is 1.29 bits per heavy atom. The van der Waals surface area contributed by atoms with Crippen molar-refractivity contribution in [2.24, 2.45) is 5.92 Å². The average molecular weight is 402 g/mol. The molecule has 2 aromatic carbocycles. The molecule has 1 aliphatic rings. The number of nitrogens with one attached hydrogen (secondary N) is 1. The summed E-state index contributed by atoms with van der Waals surface area (Å²) >= 11 is 0. The predicted molar refractivity (Wildman–Crippen MR) is 106 cm³/mol. The van der Waals surface area contributed by atoms with E-state index in [9.17, 15) is 23.1 Å². The van der Waals surface area contributed by atoms with Crippen molar-refractivity contribution in [2.75, 3.05) is 10.8 Å². The number of Topliss-reactive ketones (excluding diaryl/α,β-unsaturated/α-hetero) is 1. The van der Waals surface area contributed by atoms with Crippen LogP contribution in [0.3, 0.4) is 0 Å². The molecule has 0 amide bonds. The highest BCUT2D eigenvalue weighted by molar-refractivity contribution is 7.91. The van der Waals surface area contributed by atoms with Crippen molar-refractivity contribution in [1.29, 1.82) is 0 Å². The van der Waals surface area contributed by atoms with Gasteiger partial charge in [-0.05, 0) is 30.5 Å². The molecule has 1 aliphatic heterocycles. The van der Waals surface area contributed by atoms with E-state index in [-0.39, 0.29) is 29.7 Å². The van der Waals surface area contributed by atoms with E-state index in [0.29, 0.717) is 24.7 Å². The molecule has 2 unspecified atom stereocenters. The summed E-state index contributed by atoms with van der Waals surface area (Å²) in [5.74, 6) is -0.424. The SMILES string of the molecule is CCC(Cc1ccc(N2CC(C=O)NS2(=O)=O)c(O)c1)C(=O)c1ccccc1. The number of phenolic OH excluding ortho intramolecular Hbond substituents is 1. The zero-order valence-electron chi connectivity index (χ0n) is 15.4. The molecule has 0 radical (unpaired) electrons. The van der Waals surface area contributed by atoms with Crippen LogP contribution in [0, 0.1) is 5.92 Å². The molecule has 3 rings (SSSR count). The minimum absolute atomic E-state index is 0.0341. The lowest BCUT2D eigenvalue weighted by Gasteiger charge is -2.19. The number of carbonyl (C=O) groups excluding carboxylic acids is 2. The van der Waals surface area contributed by atoms with E-state index < -0.39 is 16.3 Å². The number of rotatable bonds is 7. The fraction of sp³-hybridized carbons (Fsp3) is 0.300. The highest BCUT2D eigenvalue weighted by atomic mass is 32.2. The second kappa shape index (κ2) is 8.12. The Hall–Kier alpha value is -2.71. The minimum Gasteiger partial charge on any atom is -0.506 e. The number of phenols is 1. The monoisotopic (exact) mass is 402 g/mol. The molecule has 2 aromatic rings. The summed E-state index contributed by atoms with van der Waals surface area (Å²) in [5.41, 5.74) is 1.47. The van der Waals surface area contributed by atoms with Gasteiger partial charge >= 0.3 is 10.2 Å². The lowest BCUT2D eigenvalue weighted by molar-refractivity contribution is -0.108. The second-order valence-corrected chi connectivity index (χ2v) is 8.39. The number of aldehydes is 1. The number of carbonyl (C=O) groups is 2. The number of aromatic hydroxyl groups is 1. The molecule has 1 heterocycles. The van der Waals surface area contributed by atoms with Gasteiger partial charge < -0.3 is 9.90 Å². The lowest BCUT2D eigenvalue weighted by atomic mass is 9.89. The third kappa shape index (κ3) is 4.07. The Morgan fingerprint density at radius 2 is 2.00 bits per heavy atom. The van der Waals surface area contributed by atoms with Gasteiger partial charge in [0.1, 0.15) is 12.0 Å². The Morgan fingerprint density at radius 3 is 2.57 bits per heavy atom. The highest BCUT2D eigenvalue weighted by Gasteiger charge is 2.36. The van der Waals surface area contributed by atoms with Crippen LogP contribution in [0.15, 0.2) is 48.5 Å². The lowest BCUT2D eigenvalue weighted by Crippen LogP contribution is -2.30. The van der Waals surface area contributed by atoms with E-state index in [1.54, 1.807) is 18.2 Å². The van der Waals surface area contributed by atoms with Crippen molar-refractivity contribution < 1.29 is 23.1 Å². The molecule has 1 fully saturated rings. The Balaban J connectivity index is 1.80. The van der Waals surface area contributed by atoms with Crippen LogP contribution in [-0.2, 0) is 21.4 Å². The molecule has 148 valence electrons. The molecule has 8 heteroatoms. The largest absolute Gasteiger partial charge is 0.506 e. The highest BCUT2D eigenvalue weighted by Crippen LogP contribution is 2.33. The first kappa shape index (κ1) is 20.0. The standard InChI is InChI=1S/C20H22N2O5S/c1-2-15(20(25)16-6-4-3-5-7-16)10-14-8-9-18(19(24)11-14)22-12-17(13-23)21-28(22,26)27/h3-9,11,13,15,17,21,24H,2,10,12H2,1H3. The van der Waals surface area contributed by atoms with Crippen molar-refractivity contribution >= 4 is 28.0 Å². The normalized spacial score (nSPS) is 19.3. The summed E-state index contributed by atoms with van der Waals surface area (Å²) in [6, 6.07) is 12.9. The summed E-state index contributed by atoms with van der Waals surface area (Å²) in [5, 5.41) is 10.4. The molecule has 0 bridgehead atoms. The number of benzene rings is 2. The number of nitrogens with zero attached hydrogens (tertiary/aromatic N) is 1. The Bertz CT molecular complexity index is 975. The van der Waals surface area contributed by atoms with Gasteiger partial charge in [0.05, 0.1) is 18.3 Å². The van der Waals surface area contributed by atoms with Crippen molar-refractivity contribution in [3.05, 3.63) is 59.7 Å². The molecule has 0 saturated carbocycles. The fourth-order valence-corrected chi connectivity index (χ4v) is 4.73. The zero-order chi connectivity index (χ0) is 20.3. The summed E-state index contributed by atoms with van der Waals surface area (Å²) in [6.45, 7) is 1.85. The smallest absolute Gasteiger partial charge is 0.302 e. The number of anilines is 1. The van der Waals surface area contributed by atoms with Crippen LogP contribution in [0.25, 0.3) is 0 Å². The first-order valence-corrected chi connectivity index (χ1v) is 10.5. The van der Waals surface area contributed by atoms with Gasteiger partial charge in [-0.25, -0.2) is 0 Å². The van der Waals surface area contributed by atoms with Crippen LogP contribution in [0.4, 0.5) is 5.69 Å². The molecular weight excluding hydrogens is 380 g/mol. The van der Waals surface area contributed by atoms with Crippen molar-refractivity contribution in [1.82, 2.24) is 4.72 Å². The van der Waals surface area contributed by atoms with Gasteiger partial charge in [-0.2, -0.15) is 13.1 Å². The molecule has 2 N–H and O–H groups in total. The first-order valence-electron chi connectivity index (χ1n) is 9.02. The number of hydrogen-bond donors (Lipinski definition) is 2. The van der Waals surface area contributed by atoms with Gasteiger partial charge in [-0.1, -0.05) is 43.3 Å². The number of hydrogen-bond acceptors (Lipinski definition) is 5. The van der Waals surface area contributed by atoms with Crippen molar-refractivity contribution in [3.8, 4) is 5.75 Å². The van der Waals surface area contributed by atoms with Gasteiger partial charge in [0.25, 0.3) is 0 Å². The average Bonchev–Trinajstić information content (AvgIpc) is 3.00. The molecule has 28 heavy (non-hydrogen) atoms. The van der Waals surface area contributed by atoms with Crippen LogP contribution in [-0.4, -0.2) is 38.2 Å². The van der Waals surface area contributed by atoms with Gasteiger partial charge in [0, 0.05) is 11.5 Å². The first-order chi connectivity index (χ1) is 13.4. The summed E-state index contributed by atoms with van der Waals surface area (Å²) < 4.78 is 27.5. The van der Waals surface area contributed by atoms with Crippen molar-refractivity contribution in [2.45, 2.75) is 25.8 Å². The maximum absolute atomic E-state index is 12.7. The summed E-state index contributed by atoms with van der Waals surface area (Å²) in [6.07, 6.45) is 1.59. The van der Waals surface area contributed by atoms with E-state index >= 15 is 0 Å². The predicted octanol–water partition coefficient (Wildman–Crippen LogP) is 2.07. The zero-order valence-corrected chi connectivity index (χ0v) is 16.2. The maximum Gasteiger partial charge on any atom is 0.302 e. The van der Waals surface area contributed by atoms with Gasteiger partial charge in [0.2, 0.25) is 0 Å². The van der Waals surface area contributed by atoms with Crippen LogP contribution in [0.5, 0.6) is 5.75 Å². The van der Waals surface area contributed by atoms with Gasteiger partial charge in [0.15, 0.2) is 5.78 Å². The minimum atomic E-state index is -3.88. The van der Waals surface area contributed by atoms with E-state index in [2.05, 4.69) is 4.72 Å². The topological polar surface area (TPSA) is 104 Å². The quantitative estimate of drug-likeness (QED) is 0.545. The van der Waals surface area contributed by atoms with Crippen LogP contribution < -0.4 is 9.03 Å². The third-order valence-corrected chi connectivity index (χ3v) is 6.36. The molecule has 0 aliphatic carbocycles. The molecule has 0 aromatic heterocycles. The second-order valence-electron chi connectivity index (χ2n) is 6.76. The van der Waals surface area contributed by atoms with E-state index in [1.165, 1.54) is 12.1 Å². The van der Waals surface area contributed by atoms with Crippen molar-refractivity contribution in [3.63, 3.8) is 0 Å². The Kier molecular flexibility index (Phi) is 5.81. The Labute approximate surface area is 164 Å². The van der Waals surface area contributed by atoms with E-state index in [1.807, 2.05) is 25.1 Å². The van der Waals surface area contributed by atoms with Crippen LogP contribution in [0.2, 0.25) is 0 Å². The van der Waals surface area contributed by atoms with Gasteiger partial charge in [-0.3, -0.25) is 9.10 Å². The molecule has 2 atom stereocenters. The van der Waals surface area contributed by atoms with Crippen LogP contribution in [0.1, 0.15) is 29.3 Å².